The van der Waals surface area contributed by atoms with Crippen LogP contribution in [-0.4, -0.2) is 24.4 Å². The highest BCUT2D eigenvalue weighted by Crippen LogP contribution is 2.09. The minimum absolute atomic E-state index is 0.0113. The van der Waals surface area contributed by atoms with Crippen molar-refractivity contribution in [3.05, 3.63) is 57.8 Å². The zero-order valence-electron chi connectivity index (χ0n) is 14.5. The number of amides is 2. The number of nitrogens with two attached hydrogens (primary N) is 1. The molecule has 1 unspecified atom stereocenters. The van der Waals surface area contributed by atoms with E-state index in [-0.39, 0.29) is 17.9 Å². The van der Waals surface area contributed by atoms with Gasteiger partial charge in [-0.2, -0.15) is 0 Å². The number of rotatable bonds is 9. The summed E-state index contributed by atoms with van der Waals surface area (Å²) in [6.07, 6.45) is 3.02. The van der Waals surface area contributed by atoms with Gasteiger partial charge in [-0.05, 0) is 35.6 Å². The molecule has 2 rings (SSSR count). The topological polar surface area (TPSA) is 84.2 Å². The molecule has 0 spiro atoms. The van der Waals surface area contributed by atoms with Crippen molar-refractivity contribution in [1.82, 2.24) is 10.6 Å². The average molecular weight is 359 g/mol. The summed E-state index contributed by atoms with van der Waals surface area (Å²) in [4.78, 5) is 24.9. The van der Waals surface area contributed by atoms with Gasteiger partial charge in [-0.15, -0.1) is 11.3 Å². The molecule has 1 aromatic heterocycles. The van der Waals surface area contributed by atoms with Crippen LogP contribution in [0.4, 0.5) is 0 Å². The first-order valence-corrected chi connectivity index (χ1v) is 9.43. The van der Waals surface area contributed by atoms with Gasteiger partial charge >= 0.3 is 0 Å². The van der Waals surface area contributed by atoms with Gasteiger partial charge in [0.05, 0.1) is 4.88 Å². The molecule has 6 heteroatoms. The minimum atomic E-state index is -0.110. The summed E-state index contributed by atoms with van der Waals surface area (Å²) < 4.78 is 0. The molecule has 0 radical (unpaired) electrons. The predicted molar refractivity (Wildman–Crippen MR) is 102 cm³/mol. The largest absolute Gasteiger partial charge is 0.348 e. The third-order valence-corrected chi connectivity index (χ3v) is 4.81. The molecule has 0 fully saturated rings. The average Bonchev–Trinajstić information content (AvgIpc) is 3.18. The second-order valence-corrected chi connectivity index (χ2v) is 6.85. The van der Waals surface area contributed by atoms with E-state index in [0.717, 1.165) is 24.8 Å². The lowest BCUT2D eigenvalue weighted by Gasteiger charge is -2.16. The van der Waals surface area contributed by atoms with Gasteiger partial charge in [0, 0.05) is 24.7 Å². The summed E-state index contributed by atoms with van der Waals surface area (Å²) in [6, 6.07) is 10.9. The van der Waals surface area contributed by atoms with Crippen molar-refractivity contribution in [3.63, 3.8) is 0 Å². The first-order valence-electron chi connectivity index (χ1n) is 8.55. The van der Waals surface area contributed by atoms with E-state index < -0.39 is 0 Å². The molecule has 1 aromatic carbocycles. The van der Waals surface area contributed by atoms with E-state index >= 15 is 0 Å². The van der Waals surface area contributed by atoms with Gasteiger partial charge in [-0.3, -0.25) is 9.59 Å². The molecular formula is C19H25N3O2S. The van der Waals surface area contributed by atoms with E-state index in [2.05, 4.69) is 17.6 Å². The molecule has 5 nitrogen and oxygen atoms in total. The number of benzene rings is 1. The van der Waals surface area contributed by atoms with E-state index in [0.29, 0.717) is 23.5 Å². The molecule has 134 valence electrons. The lowest BCUT2D eigenvalue weighted by atomic mass is 10.1. The molecule has 0 aliphatic heterocycles. The van der Waals surface area contributed by atoms with E-state index in [1.807, 2.05) is 23.6 Å². The molecule has 1 atom stereocenters. The maximum absolute atomic E-state index is 12.3. The molecule has 2 amide bonds. The fraction of sp³-hybridized carbons (Fsp3) is 0.368. The van der Waals surface area contributed by atoms with Gasteiger partial charge in [-0.25, -0.2) is 0 Å². The van der Waals surface area contributed by atoms with E-state index in [1.54, 1.807) is 18.2 Å². The van der Waals surface area contributed by atoms with E-state index in [4.69, 9.17) is 5.73 Å². The fourth-order valence-electron chi connectivity index (χ4n) is 2.42. The van der Waals surface area contributed by atoms with Crippen LogP contribution in [0.3, 0.4) is 0 Å². The lowest BCUT2D eigenvalue weighted by Crippen LogP contribution is -2.40. The molecule has 25 heavy (non-hydrogen) atoms. The predicted octanol–water partition coefficient (Wildman–Crippen LogP) is 2.93. The van der Waals surface area contributed by atoms with Gasteiger partial charge in [0.25, 0.3) is 11.8 Å². The van der Waals surface area contributed by atoms with Gasteiger partial charge in [0.15, 0.2) is 0 Å². The van der Waals surface area contributed by atoms with Crippen LogP contribution in [0.1, 0.15) is 51.8 Å². The first-order chi connectivity index (χ1) is 12.1. The SMILES string of the molecule is CCCCC(CN)NC(=O)c1ccc(CNC(=O)c2cccs2)cc1. The smallest absolute Gasteiger partial charge is 0.261 e. The van der Waals surface area contributed by atoms with Gasteiger partial charge in [0.1, 0.15) is 0 Å². The monoisotopic (exact) mass is 359 g/mol. The highest BCUT2D eigenvalue weighted by Gasteiger charge is 2.12. The van der Waals surface area contributed by atoms with Crippen molar-refractivity contribution in [2.45, 2.75) is 38.8 Å². The first kappa shape index (κ1) is 19.1. The molecule has 0 aliphatic carbocycles. The Morgan fingerprint density at radius 1 is 1.16 bits per heavy atom. The summed E-state index contributed by atoms with van der Waals surface area (Å²) in [5.41, 5.74) is 7.27. The summed E-state index contributed by atoms with van der Waals surface area (Å²) in [5.74, 6) is -0.195. The molecule has 2 aromatic rings. The maximum atomic E-state index is 12.3. The van der Waals surface area contributed by atoms with Crippen LogP contribution >= 0.6 is 11.3 Å². The van der Waals surface area contributed by atoms with Crippen molar-refractivity contribution in [1.29, 1.82) is 0 Å². The Kier molecular flexibility index (Phi) is 7.63. The highest BCUT2D eigenvalue weighted by atomic mass is 32.1. The second kappa shape index (κ2) is 9.96. The van der Waals surface area contributed by atoms with Crippen LogP contribution in [0.25, 0.3) is 0 Å². The van der Waals surface area contributed by atoms with Crippen LogP contribution in [-0.2, 0) is 6.54 Å². The molecule has 4 N–H and O–H groups in total. The van der Waals surface area contributed by atoms with Crippen molar-refractivity contribution in [2.75, 3.05) is 6.54 Å². The van der Waals surface area contributed by atoms with Crippen LogP contribution in [0, 0.1) is 0 Å². The summed E-state index contributed by atoms with van der Waals surface area (Å²) in [5, 5.41) is 7.72. The molecule has 0 bridgehead atoms. The summed E-state index contributed by atoms with van der Waals surface area (Å²) in [6.45, 7) is 2.99. The Bertz CT molecular complexity index is 668. The minimum Gasteiger partial charge on any atom is -0.348 e. The number of unbranched alkanes of at least 4 members (excludes halogenated alkanes) is 1. The van der Waals surface area contributed by atoms with E-state index in [1.165, 1.54) is 11.3 Å². The maximum Gasteiger partial charge on any atom is 0.261 e. The second-order valence-electron chi connectivity index (χ2n) is 5.91. The highest BCUT2D eigenvalue weighted by molar-refractivity contribution is 7.12. The molecule has 0 saturated heterocycles. The van der Waals surface area contributed by atoms with Crippen molar-refractivity contribution in [2.24, 2.45) is 5.73 Å². The van der Waals surface area contributed by atoms with Crippen LogP contribution < -0.4 is 16.4 Å². The zero-order valence-corrected chi connectivity index (χ0v) is 15.3. The van der Waals surface area contributed by atoms with Crippen molar-refractivity contribution < 1.29 is 9.59 Å². The quantitative estimate of drug-likeness (QED) is 0.643. The Morgan fingerprint density at radius 3 is 2.52 bits per heavy atom. The number of thiophene rings is 1. The van der Waals surface area contributed by atoms with Crippen LogP contribution in [0.5, 0.6) is 0 Å². The third kappa shape index (κ3) is 5.99. The number of carbonyl (C=O) groups is 2. The molecule has 1 heterocycles. The third-order valence-electron chi connectivity index (χ3n) is 3.94. The molecular weight excluding hydrogens is 334 g/mol. The van der Waals surface area contributed by atoms with Gasteiger partial charge < -0.3 is 16.4 Å². The standard InChI is InChI=1S/C19H25N3O2S/c1-2-3-5-16(12-20)22-18(23)15-9-7-14(8-10-15)13-21-19(24)17-6-4-11-25-17/h4,6-11,16H,2-3,5,12-13,20H2,1H3,(H,21,24)(H,22,23). The van der Waals surface area contributed by atoms with Gasteiger partial charge in [0.2, 0.25) is 0 Å². The number of carbonyl (C=O) groups excluding carboxylic acids is 2. The van der Waals surface area contributed by atoms with Crippen LogP contribution in [0.2, 0.25) is 0 Å². The lowest BCUT2D eigenvalue weighted by molar-refractivity contribution is 0.0932. The normalized spacial score (nSPS) is 11.8. The van der Waals surface area contributed by atoms with Crippen molar-refractivity contribution in [3.8, 4) is 0 Å². The number of hydrogen-bond donors (Lipinski definition) is 3. The van der Waals surface area contributed by atoms with Crippen molar-refractivity contribution >= 4 is 23.2 Å². The summed E-state index contributed by atoms with van der Waals surface area (Å²) >= 11 is 1.41. The van der Waals surface area contributed by atoms with Gasteiger partial charge in [-0.1, -0.05) is 38.0 Å². The number of nitrogens with one attached hydrogen (secondary N) is 2. The Morgan fingerprint density at radius 2 is 1.92 bits per heavy atom. The Hall–Kier alpha value is -2.18. The number of hydrogen-bond acceptors (Lipinski definition) is 4. The van der Waals surface area contributed by atoms with E-state index in [9.17, 15) is 9.59 Å². The zero-order chi connectivity index (χ0) is 18.1. The Balaban J connectivity index is 1.86. The Labute approximate surface area is 152 Å². The fourth-order valence-corrected chi connectivity index (χ4v) is 3.06. The molecule has 0 saturated carbocycles. The molecule has 0 aliphatic rings. The van der Waals surface area contributed by atoms with Crippen LogP contribution in [0.15, 0.2) is 41.8 Å². The summed E-state index contributed by atoms with van der Waals surface area (Å²) in [7, 11) is 0.